The van der Waals surface area contributed by atoms with E-state index in [1.807, 2.05) is 0 Å². The summed E-state index contributed by atoms with van der Waals surface area (Å²) in [5.74, 6) is 1.25. The van der Waals surface area contributed by atoms with E-state index in [-0.39, 0.29) is 5.69 Å². The number of hydrogen-bond acceptors (Lipinski definition) is 6. The van der Waals surface area contributed by atoms with E-state index in [1.165, 1.54) is 12.1 Å². The van der Waals surface area contributed by atoms with Crippen LogP contribution in [0.15, 0.2) is 28.9 Å². The Morgan fingerprint density at radius 3 is 2.80 bits per heavy atom. The number of nitrogens with one attached hydrogen (secondary N) is 1. The third-order valence-corrected chi connectivity index (χ3v) is 3.06. The molecule has 104 valence electrons. The van der Waals surface area contributed by atoms with Crippen LogP contribution < -0.4 is 10.1 Å². The van der Waals surface area contributed by atoms with Crippen LogP contribution in [0.1, 0.15) is 5.56 Å². The molecule has 0 bridgehead atoms. The Morgan fingerprint density at radius 1 is 1.45 bits per heavy atom. The number of nitro groups is 1. The number of rotatable bonds is 4. The van der Waals surface area contributed by atoms with Gasteiger partial charge in [0, 0.05) is 19.2 Å². The second-order valence-electron chi connectivity index (χ2n) is 3.91. The number of nitrogens with zero attached hydrogens (tertiary/aromatic N) is 3. The van der Waals surface area contributed by atoms with Crippen molar-refractivity contribution in [1.82, 2.24) is 9.97 Å². The first-order valence-corrected chi connectivity index (χ1v) is 6.43. The summed E-state index contributed by atoms with van der Waals surface area (Å²) in [5.41, 5.74) is 0.670. The predicted octanol–water partition coefficient (Wildman–Crippen LogP) is 3.29. The molecular weight excluding hydrogens is 328 g/mol. The monoisotopic (exact) mass is 338 g/mol. The van der Waals surface area contributed by atoms with Gasteiger partial charge in [-0.05, 0) is 34.5 Å². The molecule has 0 spiro atoms. The quantitative estimate of drug-likeness (QED) is 0.679. The van der Waals surface area contributed by atoms with Gasteiger partial charge < -0.3 is 10.1 Å². The molecule has 0 saturated carbocycles. The van der Waals surface area contributed by atoms with Gasteiger partial charge in [-0.3, -0.25) is 10.1 Å². The van der Waals surface area contributed by atoms with E-state index in [0.717, 1.165) is 0 Å². The lowest BCUT2D eigenvalue weighted by Gasteiger charge is -2.09. The Bertz CT molecular complexity index is 663. The van der Waals surface area contributed by atoms with Crippen molar-refractivity contribution >= 4 is 27.6 Å². The lowest BCUT2D eigenvalue weighted by Crippen LogP contribution is -1.99. The highest BCUT2D eigenvalue weighted by Gasteiger charge is 2.12. The molecule has 7 nitrogen and oxygen atoms in total. The Balaban J connectivity index is 2.32. The van der Waals surface area contributed by atoms with Crippen molar-refractivity contribution in [1.29, 1.82) is 0 Å². The third-order valence-electron chi connectivity index (χ3n) is 2.51. The summed E-state index contributed by atoms with van der Waals surface area (Å²) >= 11 is 3.29. The highest BCUT2D eigenvalue weighted by molar-refractivity contribution is 9.10. The first-order valence-electron chi connectivity index (χ1n) is 5.64. The molecule has 1 aromatic carbocycles. The van der Waals surface area contributed by atoms with Crippen LogP contribution in [0.25, 0.3) is 0 Å². The van der Waals surface area contributed by atoms with Crippen molar-refractivity contribution in [2.75, 3.05) is 12.4 Å². The van der Waals surface area contributed by atoms with Gasteiger partial charge in [0.15, 0.2) is 0 Å². The predicted molar refractivity (Wildman–Crippen MR) is 77.2 cm³/mol. The van der Waals surface area contributed by atoms with Crippen LogP contribution in [-0.4, -0.2) is 21.9 Å². The van der Waals surface area contributed by atoms with Gasteiger partial charge in [0.05, 0.1) is 15.6 Å². The molecule has 0 unspecified atom stereocenters. The van der Waals surface area contributed by atoms with Crippen molar-refractivity contribution in [3.8, 4) is 11.6 Å². The topological polar surface area (TPSA) is 90.2 Å². The zero-order chi connectivity index (χ0) is 14.7. The van der Waals surface area contributed by atoms with E-state index < -0.39 is 4.92 Å². The summed E-state index contributed by atoms with van der Waals surface area (Å²) in [6.45, 7) is 1.73. The molecule has 2 aromatic rings. The number of nitro benzene ring substituents is 1. The molecule has 0 atom stereocenters. The average Bonchev–Trinajstić information content (AvgIpc) is 2.43. The normalized spacial score (nSPS) is 10.2. The maximum atomic E-state index is 10.7. The summed E-state index contributed by atoms with van der Waals surface area (Å²) in [6.07, 6.45) is 1.56. The summed E-state index contributed by atoms with van der Waals surface area (Å²) in [4.78, 5) is 18.4. The number of non-ortho nitro benzene ring substituents is 1. The van der Waals surface area contributed by atoms with Crippen LogP contribution in [-0.2, 0) is 0 Å². The molecule has 0 aliphatic rings. The van der Waals surface area contributed by atoms with Crippen LogP contribution in [0.3, 0.4) is 0 Å². The molecule has 20 heavy (non-hydrogen) atoms. The zero-order valence-corrected chi connectivity index (χ0v) is 12.3. The molecule has 0 amide bonds. The van der Waals surface area contributed by atoms with Gasteiger partial charge in [-0.2, -0.15) is 4.98 Å². The van der Waals surface area contributed by atoms with E-state index in [0.29, 0.717) is 27.6 Å². The van der Waals surface area contributed by atoms with Gasteiger partial charge in [0.2, 0.25) is 11.8 Å². The fraction of sp³-hybridized carbons (Fsp3) is 0.167. The lowest BCUT2D eigenvalue weighted by molar-refractivity contribution is -0.384. The maximum absolute atomic E-state index is 10.7. The van der Waals surface area contributed by atoms with Gasteiger partial charge in [0.1, 0.15) is 5.75 Å². The number of anilines is 1. The minimum Gasteiger partial charge on any atom is -0.437 e. The molecule has 0 radical (unpaired) electrons. The van der Waals surface area contributed by atoms with Crippen molar-refractivity contribution < 1.29 is 9.66 Å². The number of aromatic nitrogens is 2. The number of aryl methyl sites for hydroxylation is 1. The van der Waals surface area contributed by atoms with E-state index in [9.17, 15) is 10.1 Å². The SMILES string of the molecule is CNc1ncc(Br)c(Oc2ccc([N+](=O)[O-])cc2C)n1. The van der Waals surface area contributed by atoms with Gasteiger partial charge >= 0.3 is 0 Å². The first kappa shape index (κ1) is 14.2. The summed E-state index contributed by atoms with van der Waals surface area (Å²) in [7, 11) is 1.70. The second-order valence-corrected chi connectivity index (χ2v) is 4.76. The Morgan fingerprint density at radius 2 is 2.20 bits per heavy atom. The number of hydrogen-bond donors (Lipinski definition) is 1. The molecular formula is C12H11BrN4O3. The van der Waals surface area contributed by atoms with Crippen molar-refractivity contribution in [3.05, 3.63) is 44.5 Å². The zero-order valence-electron chi connectivity index (χ0n) is 10.8. The molecule has 1 N–H and O–H groups in total. The van der Waals surface area contributed by atoms with Crippen LogP contribution >= 0.6 is 15.9 Å². The molecule has 0 aliphatic heterocycles. The summed E-state index contributed by atoms with van der Waals surface area (Å²) in [6, 6.07) is 4.38. The van der Waals surface area contributed by atoms with Crippen LogP contribution in [0.4, 0.5) is 11.6 Å². The smallest absolute Gasteiger partial charge is 0.269 e. The molecule has 2 rings (SSSR count). The molecule has 0 fully saturated rings. The van der Waals surface area contributed by atoms with Crippen LogP contribution in [0.2, 0.25) is 0 Å². The third kappa shape index (κ3) is 3.02. The van der Waals surface area contributed by atoms with Gasteiger partial charge in [-0.25, -0.2) is 4.98 Å². The number of benzene rings is 1. The van der Waals surface area contributed by atoms with E-state index in [4.69, 9.17) is 4.74 Å². The minimum atomic E-state index is -0.448. The molecule has 0 aliphatic carbocycles. The summed E-state index contributed by atoms with van der Waals surface area (Å²) < 4.78 is 6.25. The van der Waals surface area contributed by atoms with Crippen molar-refractivity contribution in [3.63, 3.8) is 0 Å². The Hall–Kier alpha value is -2.22. The Labute approximate surface area is 123 Å². The van der Waals surface area contributed by atoms with Crippen molar-refractivity contribution in [2.45, 2.75) is 6.92 Å². The largest absolute Gasteiger partial charge is 0.437 e. The molecule has 1 heterocycles. The maximum Gasteiger partial charge on any atom is 0.269 e. The van der Waals surface area contributed by atoms with Crippen molar-refractivity contribution in [2.24, 2.45) is 0 Å². The van der Waals surface area contributed by atoms with Gasteiger partial charge in [-0.1, -0.05) is 0 Å². The Kier molecular flexibility index (Phi) is 4.14. The van der Waals surface area contributed by atoms with E-state index >= 15 is 0 Å². The minimum absolute atomic E-state index is 0.0208. The molecule has 8 heteroatoms. The highest BCUT2D eigenvalue weighted by Crippen LogP contribution is 2.31. The number of ether oxygens (including phenoxy) is 1. The fourth-order valence-corrected chi connectivity index (χ4v) is 1.78. The van der Waals surface area contributed by atoms with Gasteiger partial charge in [0.25, 0.3) is 5.69 Å². The standard InChI is InChI=1S/C12H11BrN4O3/c1-7-5-8(17(18)19)3-4-10(7)20-11-9(13)6-15-12(14-2)16-11/h3-6H,1-2H3,(H,14,15,16). The number of halogens is 1. The van der Waals surface area contributed by atoms with E-state index in [2.05, 4.69) is 31.2 Å². The lowest BCUT2D eigenvalue weighted by atomic mass is 10.2. The van der Waals surface area contributed by atoms with Gasteiger partial charge in [-0.15, -0.1) is 0 Å². The van der Waals surface area contributed by atoms with Crippen LogP contribution in [0.5, 0.6) is 11.6 Å². The van der Waals surface area contributed by atoms with Crippen LogP contribution in [0, 0.1) is 17.0 Å². The second kappa shape index (κ2) is 5.83. The first-order chi connectivity index (χ1) is 9.51. The summed E-state index contributed by atoms with van der Waals surface area (Å²) in [5, 5.41) is 13.5. The fourth-order valence-electron chi connectivity index (χ4n) is 1.51. The van der Waals surface area contributed by atoms with E-state index in [1.54, 1.807) is 26.2 Å². The average molecular weight is 339 g/mol. The highest BCUT2D eigenvalue weighted by atomic mass is 79.9. The molecule has 0 saturated heterocycles. The molecule has 1 aromatic heterocycles.